The molecular weight excluding hydrogens is 290 g/mol. The lowest BCUT2D eigenvalue weighted by atomic mass is 10.1. The van der Waals surface area contributed by atoms with Crippen molar-refractivity contribution in [2.45, 2.75) is 13.3 Å². The van der Waals surface area contributed by atoms with Crippen molar-refractivity contribution in [1.29, 1.82) is 0 Å². The van der Waals surface area contributed by atoms with Gasteiger partial charge in [0.2, 0.25) is 0 Å². The Kier molecular flexibility index (Phi) is 4.19. The van der Waals surface area contributed by atoms with Gasteiger partial charge in [0.25, 0.3) is 0 Å². The van der Waals surface area contributed by atoms with Crippen molar-refractivity contribution in [3.8, 4) is 11.3 Å². The van der Waals surface area contributed by atoms with Crippen molar-refractivity contribution in [2.75, 3.05) is 13.6 Å². The molecule has 0 fully saturated rings. The molecule has 18 heavy (non-hydrogen) atoms. The van der Waals surface area contributed by atoms with E-state index in [-0.39, 0.29) is 0 Å². The summed E-state index contributed by atoms with van der Waals surface area (Å²) in [6.45, 7) is 3.06. The van der Waals surface area contributed by atoms with Crippen LogP contribution in [0.5, 0.6) is 0 Å². The van der Waals surface area contributed by atoms with Gasteiger partial charge in [-0.05, 0) is 35.5 Å². The summed E-state index contributed by atoms with van der Waals surface area (Å²) < 4.78 is 3.07. The molecule has 0 radical (unpaired) electrons. The zero-order valence-electron chi connectivity index (χ0n) is 11.0. The Labute approximate surface area is 116 Å². The van der Waals surface area contributed by atoms with Crippen molar-refractivity contribution >= 4 is 15.9 Å². The quantitative estimate of drug-likeness (QED) is 0.941. The molecule has 0 atom stereocenters. The second-order valence-corrected chi connectivity index (χ2v) is 5.19. The van der Waals surface area contributed by atoms with Crippen LogP contribution in [0.15, 0.2) is 28.7 Å². The molecule has 1 heterocycles. The van der Waals surface area contributed by atoms with Crippen LogP contribution in [0, 0.1) is 6.92 Å². The van der Waals surface area contributed by atoms with E-state index in [1.807, 2.05) is 18.8 Å². The number of likely N-dealkylation sites (N-methyl/N-ethyl adjacent to an activating group) is 1. The Hall–Kier alpha value is -1.13. The molecule has 0 amide bonds. The van der Waals surface area contributed by atoms with Gasteiger partial charge in [0, 0.05) is 25.6 Å². The number of nitrogens with one attached hydrogen (secondary N) is 1. The number of aryl methyl sites for hydroxylation is 2. The maximum absolute atomic E-state index is 4.64. The first kappa shape index (κ1) is 13.3. The first-order chi connectivity index (χ1) is 8.65. The lowest BCUT2D eigenvalue weighted by Crippen LogP contribution is -2.12. The van der Waals surface area contributed by atoms with Gasteiger partial charge in [-0.3, -0.25) is 4.68 Å². The van der Waals surface area contributed by atoms with E-state index in [4.69, 9.17) is 0 Å². The van der Waals surface area contributed by atoms with E-state index in [1.165, 1.54) is 16.8 Å². The number of benzene rings is 1. The third-order valence-electron chi connectivity index (χ3n) is 3.11. The second-order valence-electron chi connectivity index (χ2n) is 4.40. The predicted molar refractivity (Wildman–Crippen MR) is 78.7 cm³/mol. The molecule has 3 nitrogen and oxygen atoms in total. The molecule has 2 rings (SSSR count). The summed E-state index contributed by atoms with van der Waals surface area (Å²) in [5.74, 6) is 0. The number of hydrogen-bond acceptors (Lipinski definition) is 2. The molecule has 96 valence electrons. The van der Waals surface area contributed by atoms with Gasteiger partial charge in [-0.25, -0.2) is 0 Å². The number of rotatable bonds is 4. The van der Waals surface area contributed by atoms with E-state index in [0.29, 0.717) is 0 Å². The summed E-state index contributed by atoms with van der Waals surface area (Å²) in [4.78, 5) is 0. The highest BCUT2D eigenvalue weighted by Crippen LogP contribution is 2.32. The van der Waals surface area contributed by atoms with Gasteiger partial charge in [-0.2, -0.15) is 5.10 Å². The number of halogens is 1. The van der Waals surface area contributed by atoms with Gasteiger partial charge in [-0.1, -0.05) is 24.3 Å². The Morgan fingerprint density at radius 1 is 1.33 bits per heavy atom. The van der Waals surface area contributed by atoms with Crippen LogP contribution in [0.3, 0.4) is 0 Å². The van der Waals surface area contributed by atoms with Crippen LogP contribution < -0.4 is 5.32 Å². The maximum atomic E-state index is 4.64. The maximum Gasteiger partial charge on any atom is 0.107 e. The third-order valence-corrected chi connectivity index (χ3v) is 3.95. The first-order valence-corrected chi connectivity index (χ1v) is 6.86. The normalized spacial score (nSPS) is 10.9. The predicted octanol–water partition coefficient (Wildman–Crippen LogP) is 2.92. The standard InChI is InChI=1S/C14H18BrN3/c1-10-6-4-5-7-11(10)14-13(15)12(8-9-16-2)18(3)17-14/h4-7,16H,8-9H2,1-3H3. The van der Waals surface area contributed by atoms with Crippen molar-refractivity contribution in [3.63, 3.8) is 0 Å². The highest BCUT2D eigenvalue weighted by molar-refractivity contribution is 9.10. The SMILES string of the molecule is CNCCc1c(Br)c(-c2ccccc2C)nn1C. The fraction of sp³-hybridized carbons (Fsp3) is 0.357. The molecule has 0 saturated carbocycles. The number of hydrogen-bond donors (Lipinski definition) is 1. The van der Waals surface area contributed by atoms with Crippen LogP contribution in [0.25, 0.3) is 11.3 Å². The summed E-state index contributed by atoms with van der Waals surface area (Å²) in [7, 11) is 3.96. The monoisotopic (exact) mass is 307 g/mol. The number of aromatic nitrogens is 2. The molecular formula is C14H18BrN3. The molecule has 0 aliphatic carbocycles. The molecule has 1 aromatic heterocycles. The average Bonchev–Trinajstić information content (AvgIpc) is 2.63. The zero-order valence-corrected chi connectivity index (χ0v) is 12.6. The summed E-state index contributed by atoms with van der Waals surface area (Å²) in [5.41, 5.74) is 4.69. The topological polar surface area (TPSA) is 29.9 Å². The average molecular weight is 308 g/mol. The van der Waals surface area contributed by atoms with E-state index in [2.05, 4.69) is 57.5 Å². The largest absolute Gasteiger partial charge is 0.319 e. The van der Waals surface area contributed by atoms with Gasteiger partial charge in [0.1, 0.15) is 5.69 Å². The van der Waals surface area contributed by atoms with Crippen LogP contribution in [0.1, 0.15) is 11.3 Å². The van der Waals surface area contributed by atoms with Gasteiger partial charge in [0.15, 0.2) is 0 Å². The van der Waals surface area contributed by atoms with E-state index in [9.17, 15) is 0 Å². The van der Waals surface area contributed by atoms with E-state index >= 15 is 0 Å². The third kappa shape index (κ3) is 2.49. The molecule has 0 saturated heterocycles. The minimum absolute atomic E-state index is 0.950. The highest BCUT2D eigenvalue weighted by atomic mass is 79.9. The first-order valence-electron chi connectivity index (χ1n) is 6.07. The Balaban J connectivity index is 2.44. The lowest BCUT2D eigenvalue weighted by Gasteiger charge is -2.03. The van der Waals surface area contributed by atoms with Gasteiger partial charge in [-0.15, -0.1) is 0 Å². The van der Waals surface area contributed by atoms with Crippen LogP contribution in [0.2, 0.25) is 0 Å². The van der Waals surface area contributed by atoms with Gasteiger partial charge in [0.05, 0.1) is 10.2 Å². The van der Waals surface area contributed by atoms with Crippen molar-refractivity contribution in [2.24, 2.45) is 7.05 Å². The van der Waals surface area contributed by atoms with Crippen LogP contribution in [0.4, 0.5) is 0 Å². The minimum atomic E-state index is 0.950. The molecule has 0 aliphatic heterocycles. The fourth-order valence-electron chi connectivity index (χ4n) is 2.06. The zero-order chi connectivity index (χ0) is 13.1. The van der Waals surface area contributed by atoms with E-state index < -0.39 is 0 Å². The minimum Gasteiger partial charge on any atom is -0.319 e. The Bertz CT molecular complexity index is 546. The fourth-order valence-corrected chi connectivity index (χ4v) is 2.81. The second kappa shape index (κ2) is 5.67. The van der Waals surface area contributed by atoms with Crippen LogP contribution >= 0.6 is 15.9 Å². The highest BCUT2D eigenvalue weighted by Gasteiger charge is 2.15. The molecule has 0 unspecified atom stereocenters. The van der Waals surface area contributed by atoms with Crippen LogP contribution in [-0.4, -0.2) is 23.4 Å². The van der Waals surface area contributed by atoms with E-state index in [0.717, 1.165) is 23.1 Å². The Morgan fingerprint density at radius 2 is 2.06 bits per heavy atom. The van der Waals surface area contributed by atoms with Crippen molar-refractivity contribution in [3.05, 3.63) is 40.0 Å². The molecule has 0 aliphatic rings. The summed E-state index contributed by atoms with van der Waals surface area (Å²) in [5, 5.41) is 7.81. The van der Waals surface area contributed by atoms with E-state index in [1.54, 1.807) is 0 Å². The van der Waals surface area contributed by atoms with Gasteiger partial charge < -0.3 is 5.32 Å². The molecule has 0 bridgehead atoms. The van der Waals surface area contributed by atoms with Crippen molar-refractivity contribution < 1.29 is 0 Å². The van der Waals surface area contributed by atoms with Crippen LogP contribution in [-0.2, 0) is 13.5 Å². The molecule has 4 heteroatoms. The summed E-state index contributed by atoms with van der Waals surface area (Å²) in [6, 6.07) is 8.34. The molecule has 1 N–H and O–H groups in total. The lowest BCUT2D eigenvalue weighted by molar-refractivity contribution is 0.681. The summed E-state index contributed by atoms with van der Waals surface area (Å²) in [6.07, 6.45) is 0.965. The number of nitrogens with zero attached hydrogens (tertiary/aromatic N) is 2. The van der Waals surface area contributed by atoms with Crippen molar-refractivity contribution in [1.82, 2.24) is 15.1 Å². The van der Waals surface area contributed by atoms with Gasteiger partial charge >= 0.3 is 0 Å². The molecule has 0 spiro atoms. The smallest absolute Gasteiger partial charge is 0.107 e. The Morgan fingerprint density at radius 3 is 2.72 bits per heavy atom. The molecule has 1 aromatic carbocycles. The molecule has 2 aromatic rings. The summed E-state index contributed by atoms with van der Waals surface area (Å²) >= 11 is 3.69.